The van der Waals surface area contributed by atoms with Crippen LogP contribution in [0, 0.1) is 0 Å². The molecule has 1 rings (SSSR count). The largest absolute Gasteiger partial charge is 0.359 e. The second-order valence-corrected chi connectivity index (χ2v) is 3.53. The van der Waals surface area contributed by atoms with Gasteiger partial charge in [-0.05, 0) is 18.6 Å². The molecule has 0 aromatic rings. The van der Waals surface area contributed by atoms with E-state index in [9.17, 15) is 4.79 Å². The summed E-state index contributed by atoms with van der Waals surface area (Å²) in [5.74, 6) is -0.115. The summed E-state index contributed by atoms with van der Waals surface area (Å²) < 4.78 is 20.4. The SMILES string of the molecule is C/C=C/C1=CC(=O)[C@H](OCOC)[C@H]1OCOC. The van der Waals surface area contributed by atoms with Gasteiger partial charge in [0.1, 0.15) is 19.7 Å². The summed E-state index contributed by atoms with van der Waals surface area (Å²) in [7, 11) is 3.03. The lowest BCUT2D eigenvalue weighted by molar-refractivity contribution is -0.156. The maximum Gasteiger partial charge on any atom is 0.187 e. The lowest BCUT2D eigenvalue weighted by Gasteiger charge is -2.20. The van der Waals surface area contributed by atoms with Crippen LogP contribution in [-0.4, -0.2) is 45.8 Å². The third kappa shape index (κ3) is 3.74. The van der Waals surface area contributed by atoms with Crippen LogP contribution in [0.25, 0.3) is 0 Å². The van der Waals surface area contributed by atoms with Gasteiger partial charge < -0.3 is 18.9 Å². The maximum atomic E-state index is 11.7. The van der Waals surface area contributed by atoms with Gasteiger partial charge in [-0.3, -0.25) is 4.79 Å². The first kappa shape index (κ1) is 14.1. The fraction of sp³-hybridized carbons (Fsp3) is 0.583. The first-order valence-electron chi connectivity index (χ1n) is 5.33. The van der Waals surface area contributed by atoms with E-state index in [0.29, 0.717) is 0 Å². The Morgan fingerprint density at radius 1 is 1.18 bits per heavy atom. The highest BCUT2D eigenvalue weighted by molar-refractivity contribution is 5.98. The van der Waals surface area contributed by atoms with E-state index in [0.717, 1.165) is 5.57 Å². The van der Waals surface area contributed by atoms with Gasteiger partial charge >= 0.3 is 0 Å². The minimum atomic E-state index is -0.656. The molecule has 0 saturated heterocycles. The predicted molar refractivity (Wildman–Crippen MR) is 61.4 cm³/mol. The number of methoxy groups -OCH3 is 2. The first-order valence-corrected chi connectivity index (χ1v) is 5.33. The van der Waals surface area contributed by atoms with Crippen molar-refractivity contribution in [2.75, 3.05) is 27.8 Å². The molecule has 0 saturated carbocycles. The van der Waals surface area contributed by atoms with Crippen molar-refractivity contribution in [2.45, 2.75) is 19.1 Å². The lowest BCUT2D eigenvalue weighted by Crippen LogP contribution is -2.34. The lowest BCUT2D eigenvalue weighted by atomic mass is 10.1. The molecule has 0 radical (unpaired) electrons. The predicted octanol–water partition coefficient (Wildman–Crippen LogP) is 1.05. The molecule has 1 aliphatic rings. The first-order chi connectivity index (χ1) is 8.24. The van der Waals surface area contributed by atoms with Gasteiger partial charge in [0.25, 0.3) is 0 Å². The van der Waals surface area contributed by atoms with Gasteiger partial charge in [0.05, 0.1) is 0 Å². The van der Waals surface area contributed by atoms with Crippen molar-refractivity contribution in [1.82, 2.24) is 0 Å². The molecule has 1 aliphatic carbocycles. The fourth-order valence-corrected chi connectivity index (χ4v) is 1.62. The molecule has 0 aromatic heterocycles. The summed E-state index contributed by atoms with van der Waals surface area (Å²) in [5, 5.41) is 0. The molecule has 0 N–H and O–H groups in total. The van der Waals surface area contributed by atoms with Crippen LogP contribution in [0.2, 0.25) is 0 Å². The summed E-state index contributed by atoms with van der Waals surface area (Å²) in [4.78, 5) is 11.7. The second kappa shape index (κ2) is 7.34. The number of ketones is 1. The Labute approximate surface area is 101 Å². The standard InChI is InChI=1S/C12H18O5/c1-4-5-9-6-10(13)12(17-8-15-3)11(9)16-7-14-2/h4-6,11-12H,7-8H2,1-3H3/b5-4+/t11-,12-/m0/s1. The Morgan fingerprint density at radius 3 is 2.29 bits per heavy atom. The van der Waals surface area contributed by atoms with E-state index in [2.05, 4.69) is 0 Å². The van der Waals surface area contributed by atoms with Crippen LogP contribution >= 0.6 is 0 Å². The average Bonchev–Trinajstić information content (AvgIpc) is 2.60. The molecule has 0 heterocycles. The van der Waals surface area contributed by atoms with Gasteiger partial charge in [-0.2, -0.15) is 0 Å². The Hall–Kier alpha value is -1.01. The van der Waals surface area contributed by atoms with E-state index in [4.69, 9.17) is 18.9 Å². The van der Waals surface area contributed by atoms with Crippen molar-refractivity contribution < 1.29 is 23.7 Å². The average molecular weight is 242 g/mol. The van der Waals surface area contributed by atoms with Crippen molar-refractivity contribution in [2.24, 2.45) is 0 Å². The van der Waals surface area contributed by atoms with E-state index in [1.807, 2.05) is 19.1 Å². The molecular formula is C12H18O5. The summed E-state index contributed by atoms with van der Waals surface area (Å²) in [5.41, 5.74) is 0.788. The highest BCUT2D eigenvalue weighted by atomic mass is 16.7. The molecule has 96 valence electrons. The van der Waals surface area contributed by atoms with Crippen LogP contribution in [0.5, 0.6) is 0 Å². The van der Waals surface area contributed by atoms with Crippen molar-refractivity contribution >= 4 is 5.78 Å². The zero-order valence-corrected chi connectivity index (χ0v) is 10.3. The van der Waals surface area contributed by atoms with E-state index in [-0.39, 0.29) is 19.4 Å². The molecule has 2 atom stereocenters. The number of ether oxygens (including phenoxy) is 4. The summed E-state index contributed by atoms with van der Waals surface area (Å²) in [6, 6.07) is 0. The highest BCUT2D eigenvalue weighted by Crippen LogP contribution is 2.24. The van der Waals surface area contributed by atoms with Gasteiger partial charge in [-0.25, -0.2) is 0 Å². The third-order valence-electron chi connectivity index (χ3n) is 2.28. The number of rotatable bonds is 7. The number of hydrogen-bond acceptors (Lipinski definition) is 5. The highest BCUT2D eigenvalue weighted by Gasteiger charge is 2.36. The van der Waals surface area contributed by atoms with Crippen molar-refractivity contribution in [3.63, 3.8) is 0 Å². The molecule has 5 nitrogen and oxygen atoms in total. The summed E-state index contributed by atoms with van der Waals surface area (Å²) in [6.45, 7) is 2.04. The van der Waals surface area contributed by atoms with Gasteiger partial charge in [-0.15, -0.1) is 0 Å². The topological polar surface area (TPSA) is 54.0 Å². The second-order valence-electron chi connectivity index (χ2n) is 3.53. The van der Waals surface area contributed by atoms with E-state index in [1.165, 1.54) is 20.3 Å². The minimum Gasteiger partial charge on any atom is -0.359 e. The monoisotopic (exact) mass is 242 g/mol. The molecule has 0 unspecified atom stereocenters. The molecule has 5 heteroatoms. The zero-order chi connectivity index (χ0) is 12.7. The van der Waals surface area contributed by atoms with Crippen LogP contribution < -0.4 is 0 Å². The van der Waals surface area contributed by atoms with Gasteiger partial charge in [0.2, 0.25) is 0 Å². The molecule has 17 heavy (non-hydrogen) atoms. The Morgan fingerprint density at radius 2 is 1.76 bits per heavy atom. The van der Waals surface area contributed by atoms with Crippen molar-refractivity contribution in [3.8, 4) is 0 Å². The van der Waals surface area contributed by atoms with Crippen LogP contribution in [0.15, 0.2) is 23.8 Å². The number of allylic oxidation sites excluding steroid dienone is 1. The quantitative estimate of drug-likeness (QED) is 0.625. The van der Waals surface area contributed by atoms with E-state index in [1.54, 1.807) is 0 Å². The minimum absolute atomic E-state index is 0.0558. The van der Waals surface area contributed by atoms with Crippen LogP contribution in [0.3, 0.4) is 0 Å². The van der Waals surface area contributed by atoms with Crippen LogP contribution in [-0.2, 0) is 23.7 Å². The molecule has 0 bridgehead atoms. The Kier molecular flexibility index (Phi) is 6.07. The number of carbonyl (C=O) groups excluding carboxylic acids is 1. The van der Waals surface area contributed by atoms with Crippen molar-refractivity contribution in [3.05, 3.63) is 23.8 Å². The third-order valence-corrected chi connectivity index (χ3v) is 2.28. The molecular weight excluding hydrogens is 224 g/mol. The normalized spacial score (nSPS) is 24.6. The molecule has 0 fully saturated rings. The molecule has 0 aromatic carbocycles. The van der Waals surface area contributed by atoms with E-state index >= 15 is 0 Å². The van der Waals surface area contributed by atoms with E-state index < -0.39 is 12.2 Å². The number of hydrogen-bond donors (Lipinski definition) is 0. The van der Waals surface area contributed by atoms with Crippen molar-refractivity contribution in [1.29, 1.82) is 0 Å². The molecule has 0 aliphatic heterocycles. The molecule has 0 spiro atoms. The van der Waals surface area contributed by atoms with Gasteiger partial charge in [0.15, 0.2) is 11.9 Å². The van der Waals surface area contributed by atoms with Gasteiger partial charge in [-0.1, -0.05) is 12.2 Å². The van der Waals surface area contributed by atoms with Crippen LogP contribution in [0.4, 0.5) is 0 Å². The number of carbonyl (C=O) groups is 1. The van der Waals surface area contributed by atoms with Crippen LogP contribution in [0.1, 0.15) is 6.92 Å². The smallest absolute Gasteiger partial charge is 0.187 e. The Bertz CT molecular complexity index is 308. The zero-order valence-electron chi connectivity index (χ0n) is 10.3. The fourth-order valence-electron chi connectivity index (χ4n) is 1.62. The maximum absolute atomic E-state index is 11.7. The Balaban J connectivity index is 2.72. The molecule has 0 amide bonds. The van der Waals surface area contributed by atoms with Gasteiger partial charge in [0, 0.05) is 14.2 Å². The summed E-state index contributed by atoms with van der Waals surface area (Å²) >= 11 is 0. The summed E-state index contributed by atoms with van der Waals surface area (Å²) in [6.07, 6.45) is 4.11.